The smallest absolute Gasteiger partial charge is 0.328 e. The van der Waals surface area contributed by atoms with Gasteiger partial charge in [0, 0.05) is 5.69 Å². The molecule has 2 aromatic carbocycles. The Hall–Kier alpha value is -2.60. The molecule has 0 heterocycles. The van der Waals surface area contributed by atoms with Crippen LogP contribution in [0, 0.1) is 5.92 Å². The summed E-state index contributed by atoms with van der Waals surface area (Å²) in [7, 11) is 1.31. The molecule has 2 aromatic rings. The van der Waals surface area contributed by atoms with Crippen molar-refractivity contribution in [3.8, 4) is 0 Å². The van der Waals surface area contributed by atoms with E-state index in [1.54, 1.807) is 12.1 Å². The number of aliphatic hydroxyl groups is 1. The minimum Gasteiger partial charge on any atom is -0.467 e. The van der Waals surface area contributed by atoms with Crippen LogP contribution in [-0.2, 0) is 9.53 Å². The van der Waals surface area contributed by atoms with Gasteiger partial charge in [0.25, 0.3) is 5.91 Å². The lowest BCUT2D eigenvalue weighted by Crippen LogP contribution is -2.48. The summed E-state index contributed by atoms with van der Waals surface area (Å²) in [5.74, 6) is -0.926. The van der Waals surface area contributed by atoms with Crippen molar-refractivity contribution in [2.45, 2.75) is 37.8 Å². The Morgan fingerprint density at radius 2 is 1.77 bits per heavy atom. The number of amides is 1. The summed E-state index contributed by atoms with van der Waals surface area (Å²) < 4.78 is 4.88. The molecule has 0 aliphatic heterocycles. The molecule has 138 valence electrons. The van der Waals surface area contributed by atoms with Crippen LogP contribution in [-0.4, -0.2) is 36.2 Å². The number of nitrogens with one attached hydrogen (secondary N) is 1. The SMILES string of the molecule is COC(=O)[C@@H](NC(=O)c1cc2ccccc2cc1N)C1CCC(O)CC1. The first-order valence-corrected chi connectivity index (χ1v) is 8.84. The van der Waals surface area contributed by atoms with Gasteiger partial charge in [0.15, 0.2) is 0 Å². The highest BCUT2D eigenvalue weighted by molar-refractivity contribution is 6.05. The van der Waals surface area contributed by atoms with Crippen molar-refractivity contribution in [3.63, 3.8) is 0 Å². The molecule has 6 nitrogen and oxygen atoms in total. The van der Waals surface area contributed by atoms with Gasteiger partial charge in [-0.3, -0.25) is 4.79 Å². The Balaban J connectivity index is 1.83. The van der Waals surface area contributed by atoms with Gasteiger partial charge in [-0.15, -0.1) is 0 Å². The van der Waals surface area contributed by atoms with E-state index in [0.717, 1.165) is 10.8 Å². The van der Waals surface area contributed by atoms with Crippen molar-refractivity contribution in [2.75, 3.05) is 12.8 Å². The van der Waals surface area contributed by atoms with E-state index in [1.165, 1.54) is 7.11 Å². The minimum atomic E-state index is -0.745. The first-order valence-electron chi connectivity index (χ1n) is 8.84. The summed E-state index contributed by atoms with van der Waals surface area (Å²) in [5.41, 5.74) is 6.76. The molecule has 3 rings (SSSR count). The van der Waals surface area contributed by atoms with Crippen molar-refractivity contribution < 1.29 is 19.4 Å². The molecule has 26 heavy (non-hydrogen) atoms. The highest BCUT2D eigenvalue weighted by Crippen LogP contribution is 2.28. The van der Waals surface area contributed by atoms with E-state index in [1.807, 2.05) is 24.3 Å². The van der Waals surface area contributed by atoms with Gasteiger partial charge in [-0.05, 0) is 54.5 Å². The van der Waals surface area contributed by atoms with Crippen molar-refractivity contribution in [1.82, 2.24) is 5.32 Å². The van der Waals surface area contributed by atoms with E-state index in [4.69, 9.17) is 10.5 Å². The first-order chi connectivity index (χ1) is 12.5. The molecule has 0 spiro atoms. The number of carbonyl (C=O) groups is 2. The maximum Gasteiger partial charge on any atom is 0.328 e. The quantitative estimate of drug-likeness (QED) is 0.576. The molecule has 1 fully saturated rings. The topological polar surface area (TPSA) is 102 Å². The van der Waals surface area contributed by atoms with E-state index in [9.17, 15) is 14.7 Å². The molecule has 1 aliphatic rings. The fraction of sp³-hybridized carbons (Fsp3) is 0.400. The summed E-state index contributed by atoms with van der Waals surface area (Å²) >= 11 is 0. The third-order valence-corrected chi connectivity index (χ3v) is 5.12. The highest BCUT2D eigenvalue weighted by Gasteiger charge is 2.34. The van der Waals surface area contributed by atoms with Gasteiger partial charge in [0.2, 0.25) is 0 Å². The van der Waals surface area contributed by atoms with Crippen LogP contribution in [0.15, 0.2) is 36.4 Å². The number of esters is 1. The summed E-state index contributed by atoms with van der Waals surface area (Å²) in [4.78, 5) is 25.0. The molecule has 0 radical (unpaired) electrons. The predicted octanol–water partition coefficient (Wildman–Crippen LogP) is 2.24. The Kier molecular flexibility index (Phi) is 5.42. The Morgan fingerprint density at radius 1 is 1.15 bits per heavy atom. The Bertz CT molecular complexity index is 813. The lowest BCUT2D eigenvalue weighted by Gasteiger charge is -2.31. The molecule has 0 aromatic heterocycles. The number of rotatable bonds is 4. The zero-order valence-corrected chi connectivity index (χ0v) is 14.8. The van der Waals surface area contributed by atoms with E-state index < -0.39 is 17.9 Å². The maximum absolute atomic E-state index is 12.8. The molecular formula is C20H24N2O4. The minimum absolute atomic E-state index is 0.0588. The van der Waals surface area contributed by atoms with Gasteiger partial charge in [-0.1, -0.05) is 24.3 Å². The van der Waals surface area contributed by atoms with E-state index in [-0.39, 0.29) is 12.0 Å². The van der Waals surface area contributed by atoms with Crippen molar-refractivity contribution in [2.24, 2.45) is 5.92 Å². The van der Waals surface area contributed by atoms with E-state index in [0.29, 0.717) is 36.9 Å². The number of hydrogen-bond acceptors (Lipinski definition) is 5. The average Bonchev–Trinajstić information content (AvgIpc) is 2.65. The number of anilines is 1. The van der Waals surface area contributed by atoms with Crippen LogP contribution in [0.1, 0.15) is 36.0 Å². The third-order valence-electron chi connectivity index (χ3n) is 5.12. The van der Waals surface area contributed by atoms with E-state index in [2.05, 4.69) is 5.32 Å². The molecule has 0 unspecified atom stereocenters. The summed E-state index contributed by atoms with van der Waals surface area (Å²) in [6.45, 7) is 0. The third kappa shape index (κ3) is 3.80. The van der Waals surface area contributed by atoms with E-state index >= 15 is 0 Å². The van der Waals surface area contributed by atoms with Gasteiger partial charge >= 0.3 is 5.97 Å². The fourth-order valence-electron chi connectivity index (χ4n) is 3.60. The van der Waals surface area contributed by atoms with Crippen LogP contribution in [0.5, 0.6) is 0 Å². The number of ether oxygens (including phenoxy) is 1. The van der Waals surface area contributed by atoms with Crippen LogP contribution in [0.25, 0.3) is 10.8 Å². The van der Waals surface area contributed by atoms with Crippen LogP contribution >= 0.6 is 0 Å². The van der Waals surface area contributed by atoms with Crippen molar-refractivity contribution >= 4 is 28.3 Å². The predicted molar refractivity (Wildman–Crippen MR) is 99.6 cm³/mol. The molecule has 1 saturated carbocycles. The summed E-state index contributed by atoms with van der Waals surface area (Å²) in [6, 6.07) is 10.4. The lowest BCUT2D eigenvalue weighted by molar-refractivity contribution is -0.145. The highest BCUT2D eigenvalue weighted by atomic mass is 16.5. The van der Waals surface area contributed by atoms with Gasteiger partial charge in [0.05, 0.1) is 18.8 Å². The van der Waals surface area contributed by atoms with Crippen LogP contribution in [0.4, 0.5) is 5.69 Å². The molecular weight excluding hydrogens is 332 g/mol. The Morgan fingerprint density at radius 3 is 2.38 bits per heavy atom. The van der Waals surface area contributed by atoms with Gasteiger partial charge in [-0.25, -0.2) is 4.79 Å². The maximum atomic E-state index is 12.8. The number of fused-ring (bicyclic) bond motifs is 1. The molecule has 1 atom stereocenters. The van der Waals surface area contributed by atoms with Crippen LogP contribution in [0.3, 0.4) is 0 Å². The fourth-order valence-corrected chi connectivity index (χ4v) is 3.60. The largest absolute Gasteiger partial charge is 0.467 e. The number of methoxy groups -OCH3 is 1. The van der Waals surface area contributed by atoms with Crippen LogP contribution in [0.2, 0.25) is 0 Å². The average molecular weight is 356 g/mol. The zero-order chi connectivity index (χ0) is 18.7. The molecule has 0 bridgehead atoms. The summed E-state index contributed by atoms with van der Waals surface area (Å²) in [5, 5.41) is 14.3. The second-order valence-electron chi connectivity index (χ2n) is 6.83. The second kappa shape index (κ2) is 7.74. The standard InChI is InChI=1S/C20H24N2O4/c1-26-20(25)18(12-6-8-15(23)9-7-12)22-19(24)16-10-13-4-2-3-5-14(13)11-17(16)21/h2-5,10-12,15,18,23H,6-9,21H2,1H3,(H,22,24)/t12?,15?,18-/m0/s1. The zero-order valence-electron chi connectivity index (χ0n) is 14.8. The number of benzene rings is 2. The molecule has 4 N–H and O–H groups in total. The van der Waals surface area contributed by atoms with Gasteiger partial charge in [-0.2, -0.15) is 0 Å². The monoisotopic (exact) mass is 356 g/mol. The molecule has 0 saturated heterocycles. The molecule has 1 amide bonds. The number of nitrogens with two attached hydrogens (primary N) is 1. The molecule has 1 aliphatic carbocycles. The number of aliphatic hydroxyl groups excluding tert-OH is 1. The van der Waals surface area contributed by atoms with Crippen molar-refractivity contribution in [1.29, 1.82) is 0 Å². The van der Waals surface area contributed by atoms with Crippen molar-refractivity contribution in [3.05, 3.63) is 42.0 Å². The summed E-state index contributed by atoms with van der Waals surface area (Å²) in [6.07, 6.45) is 2.22. The van der Waals surface area contributed by atoms with Crippen LogP contribution < -0.4 is 11.1 Å². The molecule has 6 heteroatoms. The van der Waals surface area contributed by atoms with Gasteiger partial charge < -0.3 is 20.9 Å². The number of hydrogen-bond donors (Lipinski definition) is 3. The number of carbonyl (C=O) groups excluding carboxylic acids is 2. The van der Waals surface area contributed by atoms with Gasteiger partial charge in [0.1, 0.15) is 6.04 Å². The first kappa shape index (κ1) is 18.2. The lowest BCUT2D eigenvalue weighted by atomic mass is 9.82. The second-order valence-corrected chi connectivity index (χ2v) is 6.83. The number of nitrogen functional groups attached to an aromatic ring is 1. The normalized spacial score (nSPS) is 21.2. The Labute approximate surface area is 152 Å².